The van der Waals surface area contributed by atoms with Gasteiger partial charge in [-0.05, 0) is 23.3 Å². The van der Waals surface area contributed by atoms with Crippen LogP contribution in [0.3, 0.4) is 0 Å². The average molecular weight is 343 g/mol. The van der Waals surface area contributed by atoms with Gasteiger partial charge in [-0.15, -0.1) is 0 Å². The second-order valence-corrected chi connectivity index (χ2v) is 6.11. The summed E-state index contributed by atoms with van der Waals surface area (Å²) in [4.78, 5) is 26.9. The van der Waals surface area contributed by atoms with Crippen LogP contribution < -0.4 is 0 Å². The van der Waals surface area contributed by atoms with Gasteiger partial charge in [0.15, 0.2) is 6.10 Å². The molecule has 0 aromatic heterocycles. The van der Waals surface area contributed by atoms with Gasteiger partial charge in [-0.2, -0.15) is 0 Å². The highest BCUT2D eigenvalue weighted by atomic mass is 16.6. The van der Waals surface area contributed by atoms with Crippen molar-refractivity contribution in [2.24, 2.45) is 0 Å². The Kier molecular flexibility index (Phi) is 4.23. The molecule has 2 atom stereocenters. The van der Waals surface area contributed by atoms with E-state index < -0.39 is 18.2 Å². The molecule has 0 bridgehead atoms. The first-order valence-corrected chi connectivity index (χ1v) is 8.45. The van der Waals surface area contributed by atoms with E-state index in [0.29, 0.717) is 5.56 Å². The van der Waals surface area contributed by atoms with Crippen LogP contribution in [0.1, 0.15) is 33.6 Å². The highest BCUT2D eigenvalue weighted by Gasteiger charge is 2.47. The Morgan fingerprint density at radius 1 is 0.731 bits per heavy atom. The minimum atomic E-state index is -0.624. The predicted molar refractivity (Wildman–Crippen MR) is 97.5 cm³/mol. The Hall–Kier alpha value is -3.40. The number of nitrogens with zero attached hydrogens (tertiary/aromatic N) is 1. The van der Waals surface area contributed by atoms with Crippen LogP contribution in [-0.4, -0.2) is 16.9 Å². The average Bonchev–Trinajstić information content (AvgIpc) is 3.06. The van der Waals surface area contributed by atoms with E-state index in [1.54, 1.807) is 24.3 Å². The van der Waals surface area contributed by atoms with Crippen molar-refractivity contribution in [3.05, 3.63) is 108 Å². The molecule has 128 valence electrons. The number of rotatable bonds is 3. The normalized spacial score (nSPS) is 19.2. The van der Waals surface area contributed by atoms with Crippen molar-refractivity contribution < 1.29 is 14.3 Å². The molecule has 4 heteroatoms. The first-order chi connectivity index (χ1) is 12.8. The van der Waals surface area contributed by atoms with Crippen LogP contribution in [-0.2, 0) is 4.74 Å². The lowest BCUT2D eigenvalue weighted by Gasteiger charge is -2.24. The smallest absolute Gasteiger partial charge is 0.418 e. The van der Waals surface area contributed by atoms with Crippen LogP contribution in [0.4, 0.5) is 4.79 Å². The SMILES string of the molecule is O=C1O[C@@H](c2ccccc2)[C@H](c2ccccc2)N1C(=O)c1ccccc1. The summed E-state index contributed by atoms with van der Waals surface area (Å²) in [6.45, 7) is 0. The number of ether oxygens (including phenoxy) is 1. The van der Waals surface area contributed by atoms with Crippen LogP contribution in [0.25, 0.3) is 0 Å². The Morgan fingerprint density at radius 3 is 1.81 bits per heavy atom. The van der Waals surface area contributed by atoms with Gasteiger partial charge in [0.1, 0.15) is 6.04 Å². The molecular weight excluding hydrogens is 326 g/mol. The summed E-state index contributed by atoms with van der Waals surface area (Å²) in [5.74, 6) is -0.358. The molecule has 4 nitrogen and oxygen atoms in total. The molecular formula is C22H17NO3. The van der Waals surface area contributed by atoms with Crippen molar-refractivity contribution in [1.82, 2.24) is 4.90 Å². The van der Waals surface area contributed by atoms with Gasteiger partial charge in [-0.3, -0.25) is 4.79 Å². The zero-order chi connectivity index (χ0) is 17.9. The van der Waals surface area contributed by atoms with Crippen LogP contribution in [0.2, 0.25) is 0 Å². The molecule has 0 saturated carbocycles. The molecule has 3 aromatic carbocycles. The van der Waals surface area contributed by atoms with Crippen LogP contribution >= 0.6 is 0 Å². The first kappa shape index (κ1) is 16.1. The third-order valence-corrected chi connectivity index (χ3v) is 4.50. The van der Waals surface area contributed by atoms with Gasteiger partial charge >= 0.3 is 6.09 Å². The van der Waals surface area contributed by atoms with E-state index in [1.165, 1.54) is 4.90 Å². The first-order valence-electron chi connectivity index (χ1n) is 8.45. The zero-order valence-corrected chi connectivity index (χ0v) is 14.0. The molecule has 2 amide bonds. The molecule has 0 N–H and O–H groups in total. The lowest BCUT2D eigenvalue weighted by atomic mass is 9.95. The van der Waals surface area contributed by atoms with E-state index >= 15 is 0 Å². The highest BCUT2D eigenvalue weighted by molar-refractivity contribution is 6.04. The maximum absolute atomic E-state index is 13.0. The molecule has 4 rings (SSSR count). The molecule has 1 saturated heterocycles. The molecule has 1 fully saturated rings. The van der Waals surface area contributed by atoms with Crippen LogP contribution in [0.5, 0.6) is 0 Å². The van der Waals surface area contributed by atoms with Gasteiger partial charge in [-0.25, -0.2) is 9.69 Å². The molecule has 0 spiro atoms. The lowest BCUT2D eigenvalue weighted by Crippen LogP contribution is -2.34. The van der Waals surface area contributed by atoms with Gasteiger partial charge in [0.05, 0.1) is 0 Å². The summed E-state index contributed by atoms with van der Waals surface area (Å²) >= 11 is 0. The maximum atomic E-state index is 13.0. The zero-order valence-electron chi connectivity index (χ0n) is 14.0. The Balaban J connectivity index is 1.79. The van der Waals surface area contributed by atoms with Crippen molar-refractivity contribution in [2.75, 3.05) is 0 Å². The molecule has 1 aliphatic rings. The molecule has 0 unspecified atom stereocenters. The summed E-state index contributed by atoms with van der Waals surface area (Å²) in [5, 5.41) is 0. The molecule has 0 aliphatic carbocycles. The number of benzene rings is 3. The van der Waals surface area contributed by atoms with Crippen molar-refractivity contribution in [2.45, 2.75) is 12.1 Å². The van der Waals surface area contributed by atoms with Crippen molar-refractivity contribution in [1.29, 1.82) is 0 Å². The fraction of sp³-hybridized carbons (Fsp3) is 0.0909. The fourth-order valence-electron chi connectivity index (χ4n) is 3.27. The van der Waals surface area contributed by atoms with Gasteiger partial charge in [-0.1, -0.05) is 78.9 Å². The van der Waals surface area contributed by atoms with Crippen molar-refractivity contribution in [3.63, 3.8) is 0 Å². The topological polar surface area (TPSA) is 46.6 Å². The summed E-state index contributed by atoms with van der Waals surface area (Å²) < 4.78 is 5.64. The number of amides is 2. The molecule has 26 heavy (non-hydrogen) atoms. The number of hydrogen-bond donors (Lipinski definition) is 0. The second kappa shape index (κ2) is 6.84. The summed E-state index contributed by atoms with van der Waals surface area (Å²) in [6.07, 6.45) is -1.17. The maximum Gasteiger partial charge on any atom is 0.418 e. The van der Waals surface area contributed by atoms with E-state index in [-0.39, 0.29) is 5.91 Å². The quantitative estimate of drug-likeness (QED) is 0.689. The monoisotopic (exact) mass is 343 g/mol. The lowest BCUT2D eigenvalue weighted by molar-refractivity contribution is 0.0772. The Labute approximate surface area is 151 Å². The van der Waals surface area contributed by atoms with Crippen molar-refractivity contribution in [3.8, 4) is 0 Å². The standard InChI is InChI=1S/C22H17NO3/c24-21(18-14-8-3-9-15-18)23-19(16-10-4-1-5-11-16)20(26-22(23)25)17-12-6-2-7-13-17/h1-15,19-20H/t19-,20-/m0/s1. The number of hydrogen-bond acceptors (Lipinski definition) is 3. The van der Waals surface area contributed by atoms with Gasteiger partial charge in [0, 0.05) is 5.56 Å². The minimum Gasteiger partial charge on any atom is -0.438 e. The minimum absolute atomic E-state index is 0.358. The van der Waals surface area contributed by atoms with E-state index in [0.717, 1.165) is 11.1 Å². The predicted octanol–water partition coefficient (Wildman–Crippen LogP) is 4.76. The van der Waals surface area contributed by atoms with Crippen LogP contribution in [0.15, 0.2) is 91.0 Å². The molecule has 1 aliphatic heterocycles. The number of cyclic esters (lactones) is 1. The molecule has 3 aromatic rings. The third-order valence-electron chi connectivity index (χ3n) is 4.50. The number of imide groups is 1. The van der Waals surface area contributed by atoms with Crippen LogP contribution in [0, 0.1) is 0 Å². The van der Waals surface area contributed by atoms with Gasteiger partial charge in [0.2, 0.25) is 0 Å². The van der Waals surface area contributed by atoms with Gasteiger partial charge < -0.3 is 4.74 Å². The largest absolute Gasteiger partial charge is 0.438 e. The van der Waals surface area contributed by atoms with E-state index in [1.807, 2.05) is 66.7 Å². The summed E-state index contributed by atoms with van der Waals surface area (Å²) in [5.41, 5.74) is 2.17. The van der Waals surface area contributed by atoms with Gasteiger partial charge in [0.25, 0.3) is 5.91 Å². The molecule has 0 radical (unpaired) electrons. The van der Waals surface area contributed by atoms with E-state index in [9.17, 15) is 9.59 Å². The third kappa shape index (κ3) is 2.86. The fourth-order valence-corrected chi connectivity index (χ4v) is 3.27. The number of carbonyl (C=O) groups is 2. The Bertz CT molecular complexity index is 910. The number of carbonyl (C=O) groups excluding carboxylic acids is 2. The highest BCUT2D eigenvalue weighted by Crippen LogP contribution is 2.43. The second-order valence-electron chi connectivity index (χ2n) is 6.11. The summed E-state index contributed by atoms with van der Waals surface area (Å²) in [6, 6.07) is 27.3. The Morgan fingerprint density at radius 2 is 1.23 bits per heavy atom. The van der Waals surface area contributed by atoms with E-state index in [2.05, 4.69) is 0 Å². The van der Waals surface area contributed by atoms with Crippen molar-refractivity contribution >= 4 is 12.0 Å². The van der Waals surface area contributed by atoms with E-state index in [4.69, 9.17) is 4.74 Å². The summed E-state index contributed by atoms with van der Waals surface area (Å²) in [7, 11) is 0. The molecule has 1 heterocycles.